The molecule has 2 nitrogen and oxygen atoms in total. The Morgan fingerprint density at radius 2 is 2.08 bits per heavy atom. The molecule has 0 unspecified atom stereocenters. The van der Waals surface area contributed by atoms with Crippen LogP contribution in [0.3, 0.4) is 0 Å². The van der Waals surface area contributed by atoms with E-state index in [1.807, 2.05) is 31.2 Å². The number of anilines is 1. The number of nitrogens with two attached hydrogens (primary N) is 1. The Morgan fingerprint density at radius 3 is 2.85 bits per heavy atom. The molecule has 0 aliphatic heterocycles. The first kappa shape index (κ1) is 8.51. The molecule has 2 aromatic rings. The molecule has 0 aliphatic carbocycles. The van der Waals surface area contributed by atoms with Gasteiger partial charge in [-0.05, 0) is 36.8 Å². The number of pyridine rings is 1. The van der Waals surface area contributed by atoms with Gasteiger partial charge in [0.25, 0.3) is 0 Å². The van der Waals surface area contributed by atoms with Gasteiger partial charge < -0.3 is 5.73 Å². The summed E-state index contributed by atoms with van der Waals surface area (Å²) in [5.41, 5.74) is 7.66. The van der Waals surface area contributed by atoms with Gasteiger partial charge in [-0.1, -0.05) is 15.9 Å². The average molecular weight is 237 g/mol. The van der Waals surface area contributed by atoms with Crippen molar-refractivity contribution in [3.63, 3.8) is 0 Å². The van der Waals surface area contributed by atoms with Crippen LogP contribution in [-0.2, 0) is 0 Å². The summed E-state index contributed by atoms with van der Waals surface area (Å²) >= 11 is 3.42. The predicted octanol–water partition coefficient (Wildman–Crippen LogP) is 2.89. The monoisotopic (exact) mass is 236 g/mol. The van der Waals surface area contributed by atoms with Crippen molar-refractivity contribution in [2.45, 2.75) is 6.92 Å². The molecule has 2 rings (SSSR count). The van der Waals surface area contributed by atoms with Gasteiger partial charge in [0.2, 0.25) is 0 Å². The maximum Gasteiger partial charge on any atom is 0.127 e. The second-order valence-electron chi connectivity index (χ2n) is 3.03. The molecule has 0 aliphatic rings. The molecular formula is C10H9BrN2. The molecule has 0 saturated heterocycles. The highest BCUT2D eigenvalue weighted by Crippen LogP contribution is 2.21. The second-order valence-corrected chi connectivity index (χ2v) is 3.94. The lowest BCUT2D eigenvalue weighted by atomic mass is 10.1. The Bertz CT molecular complexity index is 466. The first-order valence-corrected chi connectivity index (χ1v) is 4.78. The first-order chi connectivity index (χ1) is 6.16. The summed E-state index contributed by atoms with van der Waals surface area (Å²) in [6.07, 6.45) is 0. The quantitative estimate of drug-likeness (QED) is 0.765. The topological polar surface area (TPSA) is 38.9 Å². The Balaban J connectivity index is 2.81. The van der Waals surface area contributed by atoms with E-state index < -0.39 is 0 Å². The molecule has 0 radical (unpaired) electrons. The largest absolute Gasteiger partial charge is 0.383 e. The minimum atomic E-state index is 0.606. The standard InChI is InChI=1S/C10H9BrN2/c1-6-4-7-5-8(11)2-3-9(7)13-10(6)12/h2-5H,1H3,(H2,12,13). The number of fused-ring (bicyclic) bond motifs is 1. The van der Waals surface area contributed by atoms with Gasteiger partial charge in [-0.15, -0.1) is 0 Å². The molecule has 13 heavy (non-hydrogen) atoms. The third-order valence-corrected chi connectivity index (χ3v) is 2.50. The zero-order chi connectivity index (χ0) is 9.42. The molecule has 66 valence electrons. The van der Waals surface area contributed by atoms with E-state index >= 15 is 0 Å². The van der Waals surface area contributed by atoms with E-state index in [2.05, 4.69) is 20.9 Å². The maximum atomic E-state index is 5.70. The number of halogens is 1. The SMILES string of the molecule is Cc1cc2cc(Br)ccc2nc1N. The van der Waals surface area contributed by atoms with Gasteiger partial charge in [-0.3, -0.25) is 0 Å². The van der Waals surface area contributed by atoms with Crippen LogP contribution in [0.2, 0.25) is 0 Å². The number of hydrogen-bond acceptors (Lipinski definition) is 2. The van der Waals surface area contributed by atoms with E-state index in [9.17, 15) is 0 Å². The number of rotatable bonds is 0. The Kier molecular flexibility index (Phi) is 1.96. The van der Waals surface area contributed by atoms with Crippen molar-refractivity contribution in [3.05, 3.63) is 34.3 Å². The fourth-order valence-corrected chi connectivity index (χ4v) is 1.65. The Labute approximate surface area is 84.9 Å². The molecule has 1 heterocycles. The summed E-state index contributed by atoms with van der Waals surface area (Å²) in [6.45, 7) is 1.96. The average Bonchev–Trinajstić information content (AvgIpc) is 2.08. The van der Waals surface area contributed by atoms with Gasteiger partial charge in [0.05, 0.1) is 5.52 Å². The Hall–Kier alpha value is -1.09. The third kappa shape index (κ3) is 1.52. The van der Waals surface area contributed by atoms with Crippen LogP contribution in [0.4, 0.5) is 5.82 Å². The summed E-state index contributed by atoms with van der Waals surface area (Å²) < 4.78 is 1.06. The molecule has 3 heteroatoms. The normalized spacial score (nSPS) is 10.6. The molecule has 0 spiro atoms. The van der Waals surface area contributed by atoms with Crippen molar-refractivity contribution in [2.75, 3.05) is 5.73 Å². The summed E-state index contributed by atoms with van der Waals surface area (Å²) in [5, 5.41) is 1.11. The Morgan fingerprint density at radius 1 is 1.31 bits per heavy atom. The number of benzene rings is 1. The molecular weight excluding hydrogens is 228 g/mol. The van der Waals surface area contributed by atoms with Gasteiger partial charge >= 0.3 is 0 Å². The van der Waals surface area contributed by atoms with E-state index in [4.69, 9.17) is 5.73 Å². The minimum absolute atomic E-state index is 0.606. The van der Waals surface area contributed by atoms with E-state index in [0.29, 0.717) is 5.82 Å². The molecule has 0 saturated carbocycles. The van der Waals surface area contributed by atoms with E-state index in [0.717, 1.165) is 20.9 Å². The zero-order valence-electron chi connectivity index (χ0n) is 7.21. The van der Waals surface area contributed by atoms with Crippen molar-refractivity contribution in [2.24, 2.45) is 0 Å². The van der Waals surface area contributed by atoms with Crippen LogP contribution in [0.5, 0.6) is 0 Å². The molecule has 0 amide bonds. The summed E-state index contributed by atoms with van der Waals surface area (Å²) in [6, 6.07) is 8.00. The van der Waals surface area contributed by atoms with Gasteiger partial charge in [0, 0.05) is 9.86 Å². The van der Waals surface area contributed by atoms with Crippen LogP contribution in [-0.4, -0.2) is 4.98 Å². The lowest BCUT2D eigenvalue weighted by Crippen LogP contribution is -1.93. The highest BCUT2D eigenvalue weighted by atomic mass is 79.9. The van der Waals surface area contributed by atoms with Crippen LogP contribution < -0.4 is 5.73 Å². The second kappa shape index (κ2) is 3.00. The number of hydrogen-bond donors (Lipinski definition) is 1. The number of aromatic nitrogens is 1. The van der Waals surface area contributed by atoms with Crippen LogP contribution in [0.25, 0.3) is 10.9 Å². The van der Waals surface area contributed by atoms with Crippen LogP contribution in [0.15, 0.2) is 28.7 Å². The highest BCUT2D eigenvalue weighted by molar-refractivity contribution is 9.10. The highest BCUT2D eigenvalue weighted by Gasteiger charge is 1.99. The van der Waals surface area contributed by atoms with Crippen molar-refractivity contribution in [3.8, 4) is 0 Å². The predicted molar refractivity (Wildman–Crippen MR) is 58.6 cm³/mol. The zero-order valence-corrected chi connectivity index (χ0v) is 8.80. The van der Waals surface area contributed by atoms with Crippen molar-refractivity contribution in [1.29, 1.82) is 0 Å². The molecule has 2 N–H and O–H groups in total. The van der Waals surface area contributed by atoms with Crippen LogP contribution >= 0.6 is 15.9 Å². The van der Waals surface area contributed by atoms with E-state index in [1.165, 1.54) is 0 Å². The van der Waals surface area contributed by atoms with Crippen molar-refractivity contribution in [1.82, 2.24) is 4.98 Å². The number of nitrogens with zero attached hydrogens (tertiary/aromatic N) is 1. The van der Waals surface area contributed by atoms with Gasteiger partial charge in [-0.2, -0.15) is 0 Å². The van der Waals surface area contributed by atoms with Crippen LogP contribution in [0, 0.1) is 6.92 Å². The molecule has 1 aromatic carbocycles. The first-order valence-electron chi connectivity index (χ1n) is 3.99. The summed E-state index contributed by atoms with van der Waals surface area (Å²) in [4.78, 5) is 4.27. The van der Waals surface area contributed by atoms with E-state index in [1.54, 1.807) is 0 Å². The fraction of sp³-hybridized carbons (Fsp3) is 0.100. The molecule has 0 bridgehead atoms. The molecule has 0 fully saturated rings. The van der Waals surface area contributed by atoms with Gasteiger partial charge in [0.15, 0.2) is 0 Å². The number of nitrogen functional groups attached to an aromatic ring is 1. The van der Waals surface area contributed by atoms with Crippen molar-refractivity contribution < 1.29 is 0 Å². The van der Waals surface area contributed by atoms with E-state index in [-0.39, 0.29) is 0 Å². The van der Waals surface area contributed by atoms with Crippen LogP contribution in [0.1, 0.15) is 5.56 Å². The third-order valence-electron chi connectivity index (χ3n) is 2.01. The maximum absolute atomic E-state index is 5.70. The van der Waals surface area contributed by atoms with Gasteiger partial charge in [0.1, 0.15) is 5.82 Å². The minimum Gasteiger partial charge on any atom is -0.383 e. The van der Waals surface area contributed by atoms with Gasteiger partial charge in [-0.25, -0.2) is 4.98 Å². The lowest BCUT2D eigenvalue weighted by Gasteiger charge is -2.02. The van der Waals surface area contributed by atoms with Crippen molar-refractivity contribution >= 4 is 32.7 Å². The summed E-state index contributed by atoms with van der Waals surface area (Å²) in [7, 11) is 0. The lowest BCUT2D eigenvalue weighted by molar-refractivity contribution is 1.34. The molecule has 0 atom stereocenters. The molecule has 1 aromatic heterocycles. The fourth-order valence-electron chi connectivity index (χ4n) is 1.27. The number of aryl methyl sites for hydroxylation is 1. The smallest absolute Gasteiger partial charge is 0.127 e. The summed E-state index contributed by atoms with van der Waals surface area (Å²) in [5.74, 6) is 0.606.